The summed E-state index contributed by atoms with van der Waals surface area (Å²) in [4.78, 5) is 9.40. The van der Waals surface area contributed by atoms with Crippen LogP contribution in [0.2, 0.25) is 5.02 Å². The third-order valence-electron chi connectivity index (χ3n) is 6.75. The molecule has 5 heteroatoms. The molecule has 4 nitrogen and oxygen atoms in total. The first-order chi connectivity index (χ1) is 16.8. The van der Waals surface area contributed by atoms with Gasteiger partial charge in [0.25, 0.3) is 0 Å². The molecule has 0 spiro atoms. The van der Waals surface area contributed by atoms with Crippen LogP contribution in [0.15, 0.2) is 49.3 Å². The Morgan fingerprint density at radius 1 is 1.17 bits per heavy atom. The van der Waals surface area contributed by atoms with E-state index in [1.807, 2.05) is 19.2 Å². The molecule has 0 bridgehead atoms. The molecular weight excluding hydrogens is 452 g/mol. The number of piperazine rings is 1. The van der Waals surface area contributed by atoms with Crippen LogP contribution in [-0.2, 0) is 12.8 Å². The number of nitrogens with zero attached hydrogens (tertiary/aromatic N) is 3. The van der Waals surface area contributed by atoms with Crippen molar-refractivity contribution >= 4 is 28.6 Å². The monoisotopic (exact) mass is 496 g/mol. The standard InChI is InChI=1S/C15H14ClN.C11H21N3.C4H10/c1-2-10-7-8-12-14(9-10)17-13-6-4-3-5-11(13)15(12)16;1-9(2)14-7-6-13(5)8-11(14)10(3)12-4;1-3-4-2/h2,7-9H,1,3-6H2;11-12H,1,3,6-8H2,2,4-5H3;3-4H2,1-2H3. The summed E-state index contributed by atoms with van der Waals surface area (Å²) in [6.45, 7) is 21.4. The Hall–Kier alpha value is -2.30. The lowest BCUT2D eigenvalue weighted by atomic mass is 9.94. The van der Waals surface area contributed by atoms with E-state index in [0.29, 0.717) is 6.04 Å². The summed E-state index contributed by atoms with van der Waals surface area (Å²) >= 11 is 6.49. The van der Waals surface area contributed by atoms with Gasteiger partial charge in [-0.15, -0.1) is 0 Å². The summed E-state index contributed by atoms with van der Waals surface area (Å²) in [5.41, 5.74) is 6.73. The van der Waals surface area contributed by atoms with Gasteiger partial charge < -0.3 is 15.1 Å². The van der Waals surface area contributed by atoms with Crippen LogP contribution in [0.5, 0.6) is 0 Å². The van der Waals surface area contributed by atoms with Gasteiger partial charge >= 0.3 is 0 Å². The van der Waals surface area contributed by atoms with Crippen molar-refractivity contribution in [1.29, 1.82) is 0 Å². The highest BCUT2D eigenvalue weighted by Gasteiger charge is 2.26. The molecule has 1 aliphatic carbocycles. The van der Waals surface area contributed by atoms with Crippen molar-refractivity contribution < 1.29 is 0 Å². The number of aromatic nitrogens is 1. The van der Waals surface area contributed by atoms with E-state index in [4.69, 9.17) is 16.6 Å². The molecule has 1 fully saturated rings. The lowest BCUT2D eigenvalue weighted by molar-refractivity contribution is 0.138. The van der Waals surface area contributed by atoms with Crippen LogP contribution in [0.25, 0.3) is 17.0 Å². The normalized spacial score (nSPS) is 17.3. The molecule has 2 heterocycles. The zero-order valence-corrected chi connectivity index (χ0v) is 23.3. The predicted octanol–water partition coefficient (Wildman–Crippen LogP) is 7.09. The molecule has 1 aromatic carbocycles. The summed E-state index contributed by atoms with van der Waals surface area (Å²) in [5, 5.41) is 5.11. The van der Waals surface area contributed by atoms with Crippen LogP contribution in [-0.4, -0.2) is 54.6 Å². The Bertz CT molecular complexity index is 1010. The van der Waals surface area contributed by atoms with E-state index >= 15 is 0 Å². The number of likely N-dealkylation sites (N-methyl/N-ethyl adjacent to an activating group) is 2. The van der Waals surface area contributed by atoms with Crippen molar-refractivity contribution in [2.45, 2.75) is 65.3 Å². The number of aryl methyl sites for hydroxylation is 1. The number of rotatable bonds is 5. The quantitative estimate of drug-likeness (QED) is 0.479. The first-order valence-electron chi connectivity index (χ1n) is 13.0. The first kappa shape index (κ1) is 28.9. The summed E-state index contributed by atoms with van der Waals surface area (Å²) in [7, 11) is 4.07. The maximum atomic E-state index is 6.49. The molecule has 1 unspecified atom stereocenters. The van der Waals surface area contributed by atoms with Crippen LogP contribution in [0.1, 0.15) is 63.3 Å². The highest BCUT2D eigenvalue weighted by atomic mass is 35.5. The Morgan fingerprint density at radius 3 is 2.46 bits per heavy atom. The van der Waals surface area contributed by atoms with E-state index in [1.54, 1.807) is 0 Å². The van der Waals surface area contributed by atoms with Crippen LogP contribution in [0, 0.1) is 0 Å². The van der Waals surface area contributed by atoms with E-state index in [2.05, 4.69) is 74.8 Å². The summed E-state index contributed by atoms with van der Waals surface area (Å²) < 4.78 is 0. The number of fused-ring (bicyclic) bond motifs is 2. The number of halogens is 1. The number of benzene rings is 1. The lowest BCUT2D eigenvalue weighted by Gasteiger charge is -2.42. The minimum absolute atomic E-state index is 0.358. The highest BCUT2D eigenvalue weighted by Crippen LogP contribution is 2.33. The predicted molar refractivity (Wildman–Crippen MR) is 155 cm³/mol. The molecule has 4 rings (SSSR count). The topological polar surface area (TPSA) is 31.4 Å². The van der Waals surface area contributed by atoms with Crippen LogP contribution >= 0.6 is 11.6 Å². The second kappa shape index (κ2) is 14.3. The zero-order chi connectivity index (χ0) is 26.0. The number of unbranched alkanes of at least 4 members (excludes halogenated alkanes) is 1. The van der Waals surface area contributed by atoms with Crippen molar-refractivity contribution in [2.75, 3.05) is 33.7 Å². The van der Waals surface area contributed by atoms with Gasteiger partial charge in [0.2, 0.25) is 0 Å². The fourth-order valence-corrected chi connectivity index (χ4v) is 4.72. The molecule has 1 N–H and O–H groups in total. The second-order valence-electron chi connectivity index (χ2n) is 9.52. The molecule has 2 aromatic rings. The van der Waals surface area contributed by atoms with Gasteiger partial charge in [0.15, 0.2) is 0 Å². The highest BCUT2D eigenvalue weighted by molar-refractivity contribution is 6.36. The molecule has 192 valence electrons. The summed E-state index contributed by atoms with van der Waals surface area (Å²) in [5.74, 6) is 0. The van der Waals surface area contributed by atoms with Crippen molar-refractivity contribution in [3.63, 3.8) is 0 Å². The fraction of sp³-hybridized carbons (Fsp3) is 0.500. The van der Waals surface area contributed by atoms with Crippen LogP contribution < -0.4 is 5.32 Å². The number of hydrogen-bond donors (Lipinski definition) is 1. The molecule has 35 heavy (non-hydrogen) atoms. The minimum atomic E-state index is 0.358. The van der Waals surface area contributed by atoms with Crippen molar-refractivity contribution in [2.24, 2.45) is 0 Å². The van der Waals surface area contributed by atoms with Gasteiger partial charge in [0.1, 0.15) is 0 Å². The maximum Gasteiger partial charge on any atom is 0.0805 e. The number of allylic oxidation sites excluding steroid dienone is 1. The molecule has 0 saturated carbocycles. The minimum Gasteiger partial charge on any atom is -0.390 e. The Morgan fingerprint density at radius 2 is 1.86 bits per heavy atom. The van der Waals surface area contributed by atoms with Gasteiger partial charge in [0, 0.05) is 49.2 Å². The maximum absolute atomic E-state index is 6.49. The van der Waals surface area contributed by atoms with Crippen LogP contribution in [0.4, 0.5) is 0 Å². The largest absolute Gasteiger partial charge is 0.390 e. The van der Waals surface area contributed by atoms with Crippen molar-refractivity contribution in [3.05, 3.63) is 71.2 Å². The summed E-state index contributed by atoms with van der Waals surface area (Å²) in [6, 6.07) is 6.51. The second-order valence-corrected chi connectivity index (χ2v) is 9.90. The smallest absolute Gasteiger partial charge is 0.0805 e. The SMILES string of the molecule is C=C(NC)C1CN(C)CCN1C(=C)C.C=Cc1ccc2c(Cl)c3c(nc2c1)CCCC3.CCCC. The summed E-state index contributed by atoms with van der Waals surface area (Å²) in [6.07, 6.45) is 9.06. The average Bonchev–Trinajstić information content (AvgIpc) is 2.88. The molecule has 1 aromatic heterocycles. The van der Waals surface area contributed by atoms with E-state index in [0.717, 1.165) is 65.4 Å². The third-order valence-corrected chi connectivity index (χ3v) is 7.18. The molecule has 0 radical (unpaired) electrons. The number of hydrogen-bond acceptors (Lipinski definition) is 4. The zero-order valence-electron chi connectivity index (χ0n) is 22.6. The molecule has 1 saturated heterocycles. The average molecular weight is 497 g/mol. The molecule has 0 amide bonds. The van der Waals surface area contributed by atoms with E-state index in [9.17, 15) is 0 Å². The van der Waals surface area contributed by atoms with Crippen molar-refractivity contribution in [1.82, 2.24) is 20.1 Å². The van der Waals surface area contributed by atoms with Crippen molar-refractivity contribution in [3.8, 4) is 0 Å². The molecule has 1 atom stereocenters. The van der Waals surface area contributed by atoms with Gasteiger partial charge in [-0.25, -0.2) is 0 Å². The molecule has 2 aliphatic rings. The van der Waals surface area contributed by atoms with Gasteiger partial charge in [-0.05, 0) is 56.8 Å². The third kappa shape index (κ3) is 7.85. The van der Waals surface area contributed by atoms with Gasteiger partial charge in [-0.3, -0.25) is 4.98 Å². The van der Waals surface area contributed by atoms with Crippen LogP contribution in [0.3, 0.4) is 0 Å². The number of nitrogens with one attached hydrogen (secondary N) is 1. The molecular formula is C30H45ClN4. The van der Waals surface area contributed by atoms with E-state index in [-0.39, 0.29) is 0 Å². The Labute approximate surface area is 218 Å². The van der Waals surface area contributed by atoms with Gasteiger partial charge in [-0.2, -0.15) is 0 Å². The fourth-order valence-electron chi connectivity index (χ4n) is 4.35. The molecule has 1 aliphatic heterocycles. The van der Waals surface area contributed by atoms with Gasteiger partial charge in [-0.1, -0.05) is 76.2 Å². The van der Waals surface area contributed by atoms with E-state index < -0.39 is 0 Å². The van der Waals surface area contributed by atoms with E-state index in [1.165, 1.54) is 36.9 Å². The Balaban J connectivity index is 0.000000218. The lowest BCUT2D eigenvalue weighted by Crippen LogP contribution is -2.52. The Kier molecular flexibility index (Phi) is 11.8. The number of pyridine rings is 1. The first-order valence-corrected chi connectivity index (χ1v) is 13.4. The van der Waals surface area contributed by atoms with Gasteiger partial charge in [0.05, 0.1) is 16.6 Å².